The van der Waals surface area contributed by atoms with E-state index < -0.39 is 0 Å². The van der Waals surface area contributed by atoms with E-state index in [2.05, 4.69) is 0 Å². The fourth-order valence-electron chi connectivity index (χ4n) is 0.516. The molecular formula is C6H3Cl2IO. The maximum atomic E-state index is 9.07. The van der Waals surface area contributed by atoms with E-state index in [0.717, 1.165) is 0 Å². The van der Waals surface area contributed by atoms with Crippen molar-refractivity contribution in [3.63, 3.8) is 0 Å². The van der Waals surface area contributed by atoms with Crippen molar-refractivity contribution < 1.29 is 5.11 Å². The molecular weight excluding hydrogens is 286 g/mol. The molecule has 4 heteroatoms. The fourth-order valence-corrected chi connectivity index (χ4v) is 1.46. The molecule has 1 nitrogen and oxygen atoms in total. The summed E-state index contributed by atoms with van der Waals surface area (Å²) in [5.41, 5.74) is 0. The summed E-state index contributed by atoms with van der Waals surface area (Å²) in [6.45, 7) is 0. The lowest BCUT2D eigenvalue weighted by atomic mass is 10.3. The number of hydrogen-bond donors (Lipinski definition) is 1. The lowest BCUT2D eigenvalue weighted by Crippen LogP contribution is -1.76. The SMILES string of the molecule is Oc1ccc(Cl)c(Cl)c1I. The Labute approximate surface area is 82.1 Å². The molecule has 0 bridgehead atoms. The van der Waals surface area contributed by atoms with E-state index in [1.54, 1.807) is 6.07 Å². The van der Waals surface area contributed by atoms with E-state index in [9.17, 15) is 0 Å². The fraction of sp³-hybridized carbons (Fsp3) is 0. The van der Waals surface area contributed by atoms with Crippen molar-refractivity contribution in [2.45, 2.75) is 0 Å². The zero-order valence-corrected chi connectivity index (χ0v) is 8.41. The highest BCUT2D eigenvalue weighted by Gasteiger charge is 2.05. The maximum Gasteiger partial charge on any atom is 0.130 e. The summed E-state index contributed by atoms with van der Waals surface area (Å²) in [5, 5.41) is 9.94. The summed E-state index contributed by atoms with van der Waals surface area (Å²) < 4.78 is 0.590. The first-order valence-electron chi connectivity index (χ1n) is 2.45. The minimum atomic E-state index is 0.162. The highest BCUT2D eigenvalue weighted by molar-refractivity contribution is 14.1. The van der Waals surface area contributed by atoms with E-state index >= 15 is 0 Å². The number of phenols is 1. The molecule has 1 N–H and O–H groups in total. The summed E-state index contributed by atoms with van der Waals surface area (Å²) in [4.78, 5) is 0. The second-order valence-electron chi connectivity index (χ2n) is 1.69. The first kappa shape index (κ1) is 8.43. The smallest absolute Gasteiger partial charge is 0.130 e. The van der Waals surface area contributed by atoms with Gasteiger partial charge in [-0.25, -0.2) is 0 Å². The normalized spacial score (nSPS) is 9.90. The van der Waals surface area contributed by atoms with Gasteiger partial charge in [0.25, 0.3) is 0 Å². The van der Waals surface area contributed by atoms with Crippen LogP contribution < -0.4 is 0 Å². The lowest BCUT2D eigenvalue weighted by molar-refractivity contribution is 0.471. The van der Waals surface area contributed by atoms with Crippen molar-refractivity contribution in [1.29, 1.82) is 0 Å². The molecule has 0 spiro atoms. The van der Waals surface area contributed by atoms with Crippen LogP contribution in [0.3, 0.4) is 0 Å². The van der Waals surface area contributed by atoms with Gasteiger partial charge in [0.1, 0.15) is 5.75 Å². The third-order valence-corrected chi connectivity index (χ3v) is 3.23. The summed E-state index contributed by atoms with van der Waals surface area (Å²) in [5.74, 6) is 0.162. The quantitative estimate of drug-likeness (QED) is 0.574. The Bertz CT molecular complexity index is 235. The van der Waals surface area contributed by atoms with Gasteiger partial charge in [-0.15, -0.1) is 0 Å². The lowest BCUT2D eigenvalue weighted by Gasteiger charge is -1.99. The molecule has 1 rings (SSSR count). The van der Waals surface area contributed by atoms with Gasteiger partial charge in [-0.2, -0.15) is 0 Å². The van der Waals surface area contributed by atoms with Gasteiger partial charge in [0.05, 0.1) is 13.6 Å². The number of phenolic OH excluding ortho intramolecular Hbond substituents is 1. The zero-order valence-electron chi connectivity index (χ0n) is 4.74. The molecule has 0 saturated heterocycles. The first-order valence-corrected chi connectivity index (χ1v) is 4.29. The third-order valence-electron chi connectivity index (χ3n) is 1.01. The van der Waals surface area contributed by atoms with E-state index in [1.807, 2.05) is 22.6 Å². The molecule has 0 aliphatic heterocycles. The summed E-state index contributed by atoms with van der Waals surface area (Å²) in [6, 6.07) is 3.07. The number of aromatic hydroxyl groups is 1. The van der Waals surface area contributed by atoms with Crippen molar-refractivity contribution in [1.82, 2.24) is 0 Å². The Balaban J connectivity index is 3.34. The van der Waals surface area contributed by atoms with Crippen LogP contribution in [0.4, 0.5) is 0 Å². The molecule has 0 aliphatic rings. The van der Waals surface area contributed by atoms with E-state index in [1.165, 1.54) is 6.07 Å². The Hall–Kier alpha value is 0.330. The molecule has 0 amide bonds. The molecule has 0 unspecified atom stereocenters. The Kier molecular flexibility index (Phi) is 2.66. The molecule has 0 heterocycles. The molecule has 10 heavy (non-hydrogen) atoms. The predicted octanol–water partition coefficient (Wildman–Crippen LogP) is 3.30. The van der Waals surface area contributed by atoms with Crippen molar-refractivity contribution in [2.75, 3.05) is 0 Å². The number of halogens is 3. The molecule has 54 valence electrons. The molecule has 0 aromatic heterocycles. The van der Waals surface area contributed by atoms with Crippen LogP contribution in [-0.4, -0.2) is 5.11 Å². The highest BCUT2D eigenvalue weighted by Crippen LogP contribution is 2.32. The largest absolute Gasteiger partial charge is 0.507 e. The highest BCUT2D eigenvalue weighted by atomic mass is 127. The van der Waals surface area contributed by atoms with Gasteiger partial charge in [0.15, 0.2) is 0 Å². The van der Waals surface area contributed by atoms with Gasteiger partial charge >= 0.3 is 0 Å². The average molecular weight is 289 g/mol. The standard InChI is InChI=1S/C6H3Cl2IO/c7-3-1-2-4(10)6(9)5(3)8/h1-2,10H. The van der Waals surface area contributed by atoms with Gasteiger partial charge in [0.2, 0.25) is 0 Å². The second kappa shape index (κ2) is 3.15. The van der Waals surface area contributed by atoms with Crippen LogP contribution in [0.15, 0.2) is 12.1 Å². The van der Waals surface area contributed by atoms with Gasteiger partial charge in [-0.05, 0) is 34.7 Å². The van der Waals surface area contributed by atoms with Crippen LogP contribution in [0.1, 0.15) is 0 Å². The van der Waals surface area contributed by atoms with Gasteiger partial charge in [-0.3, -0.25) is 0 Å². The second-order valence-corrected chi connectivity index (χ2v) is 3.56. The van der Waals surface area contributed by atoms with Crippen LogP contribution in [-0.2, 0) is 0 Å². The van der Waals surface area contributed by atoms with Crippen molar-refractivity contribution in [3.8, 4) is 5.75 Å². The van der Waals surface area contributed by atoms with Crippen molar-refractivity contribution in [2.24, 2.45) is 0 Å². The Morgan fingerprint density at radius 1 is 1.30 bits per heavy atom. The molecule has 1 aromatic carbocycles. The van der Waals surface area contributed by atoms with Crippen molar-refractivity contribution in [3.05, 3.63) is 25.7 Å². The topological polar surface area (TPSA) is 20.2 Å². The summed E-state index contributed by atoms with van der Waals surface area (Å²) >= 11 is 13.2. The number of benzene rings is 1. The monoisotopic (exact) mass is 288 g/mol. The maximum absolute atomic E-state index is 9.07. The van der Waals surface area contributed by atoms with Crippen LogP contribution in [0.2, 0.25) is 10.0 Å². The predicted molar refractivity (Wildman–Crippen MR) is 50.8 cm³/mol. The van der Waals surface area contributed by atoms with E-state index in [-0.39, 0.29) is 5.75 Å². The van der Waals surface area contributed by atoms with Gasteiger partial charge in [-0.1, -0.05) is 23.2 Å². The first-order chi connectivity index (χ1) is 4.63. The van der Waals surface area contributed by atoms with Crippen LogP contribution in [0.5, 0.6) is 5.75 Å². The molecule has 0 radical (unpaired) electrons. The van der Waals surface area contributed by atoms with E-state index in [0.29, 0.717) is 13.6 Å². The van der Waals surface area contributed by atoms with Gasteiger partial charge < -0.3 is 5.11 Å². The third kappa shape index (κ3) is 1.49. The Morgan fingerprint density at radius 2 is 1.90 bits per heavy atom. The minimum absolute atomic E-state index is 0.162. The Morgan fingerprint density at radius 3 is 2.40 bits per heavy atom. The number of hydrogen-bond acceptors (Lipinski definition) is 1. The average Bonchev–Trinajstić information content (AvgIpc) is 1.93. The molecule has 0 atom stereocenters. The molecule has 0 saturated carbocycles. The van der Waals surface area contributed by atoms with Crippen LogP contribution in [0, 0.1) is 3.57 Å². The molecule has 0 aliphatic carbocycles. The molecule has 0 fully saturated rings. The van der Waals surface area contributed by atoms with E-state index in [4.69, 9.17) is 28.3 Å². The zero-order chi connectivity index (χ0) is 7.72. The number of rotatable bonds is 0. The van der Waals surface area contributed by atoms with Crippen LogP contribution >= 0.6 is 45.8 Å². The van der Waals surface area contributed by atoms with Crippen molar-refractivity contribution >= 4 is 45.8 Å². The molecule has 1 aromatic rings. The summed E-state index contributed by atoms with van der Waals surface area (Å²) in [7, 11) is 0. The summed E-state index contributed by atoms with van der Waals surface area (Å²) in [6.07, 6.45) is 0. The minimum Gasteiger partial charge on any atom is -0.507 e. The van der Waals surface area contributed by atoms with Gasteiger partial charge in [0, 0.05) is 0 Å². The van der Waals surface area contributed by atoms with Crippen LogP contribution in [0.25, 0.3) is 0 Å².